The van der Waals surface area contributed by atoms with E-state index in [-0.39, 0.29) is 11.0 Å². The zero-order valence-electron chi connectivity index (χ0n) is 11.6. The minimum atomic E-state index is -3.13. The van der Waals surface area contributed by atoms with Gasteiger partial charge in [0.1, 0.15) is 11.8 Å². The molecule has 2 rings (SSSR count). The first-order chi connectivity index (χ1) is 9.56. The maximum atomic E-state index is 12.4. The quantitative estimate of drug-likeness (QED) is 0.856. The minimum Gasteiger partial charge on any atom is -0.495 e. The van der Waals surface area contributed by atoms with Gasteiger partial charge in [-0.1, -0.05) is 25.3 Å². The first kappa shape index (κ1) is 14.9. The topological polar surface area (TPSA) is 67.2 Å². The van der Waals surface area contributed by atoms with Crippen LogP contribution < -0.4 is 4.74 Å². The lowest BCUT2D eigenvalue weighted by molar-refractivity contribution is 0.413. The molecule has 1 aliphatic rings. The van der Waals surface area contributed by atoms with Gasteiger partial charge < -0.3 is 4.74 Å². The predicted molar refractivity (Wildman–Crippen MR) is 77.2 cm³/mol. The van der Waals surface area contributed by atoms with Crippen molar-refractivity contribution in [1.82, 2.24) is 0 Å². The van der Waals surface area contributed by atoms with E-state index in [1.54, 1.807) is 18.2 Å². The molecule has 0 aliphatic heterocycles. The van der Waals surface area contributed by atoms with E-state index >= 15 is 0 Å². The SMILES string of the molecule is COc1ccc(CS(=O)(=O)C2CCCCC2)cc1C#N. The molecule has 20 heavy (non-hydrogen) atoms. The highest BCUT2D eigenvalue weighted by atomic mass is 32.2. The first-order valence-corrected chi connectivity index (χ1v) is 8.57. The van der Waals surface area contributed by atoms with Crippen molar-refractivity contribution in [2.75, 3.05) is 7.11 Å². The molecule has 4 nitrogen and oxygen atoms in total. The fourth-order valence-electron chi connectivity index (χ4n) is 2.71. The van der Waals surface area contributed by atoms with Crippen LogP contribution in [0.1, 0.15) is 43.2 Å². The Labute approximate surface area is 120 Å². The molecule has 0 bridgehead atoms. The summed E-state index contributed by atoms with van der Waals surface area (Å²) in [7, 11) is -1.64. The monoisotopic (exact) mass is 293 g/mol. The van der Waals surface area contributed by atoms with Gasteiger partial charge in [0.25, 0.3) is 0 Å². The number of rotatable bonds is 4. The Balaban J connectivity index is 2.19. The molecule has 0 spiro atoms. The van der Waals surface area contributed by atoms with Crippen LogP contribution >= 0.6 is 0 Å². The standard InChI is InChI=1S/C15H19NO3S/c1-19-15-8-7-12(9-13(15)10-16)11-20(17,18)14-5-3-2-4-6-14/h7-9,14H,2-6,11H2,1H3. The van der Waals surface area contributed by atoms with Gasteiger partial charge in [0.15, 0.2) is 9.84 Å². The average molecular weight is 293 g/mol. The first-order valence-electron chi connectivity index (χ1n) is 6.85. The zero-order valence-corrected chi connectivity index (χ0v) is 12.4. The van der Waals surface area contributed by atoms with E-state index in [0.29, 0.717) is 16.9 Å². The lowest BCUT2D eigenvalue weighted by atomic mass is 10.0. The van der Waals surface area contributed by atoms with Crippen LogP contribution in [0, 0.1) is 11.3 Å². The third kappa shape index (κ3) is 3.31. The maximum Gasteiger partial charge on any atom is 0.157 e. The van der Waals surface area contributed by atoms with Gasteiger partial charge in [-0.2, -0.15) is 5.26 Å². The molecule has 1 aliphatic carbocycles. The van der Waals surface area contributed by atoms with Crippen molar-refractivity contribution in [2.45, 2.75) is 43.1 Å². The molecule has 0 radical (unpaired) electrons. The van der Waals surface area contributed by atoms with Gasteiger partial charge in [0, 0.05) is 0 Å². The molecular weight excluding hydrogens is 274 g/mol. The third-order valence-electron chi connectivity index (χ3n) is 3.81. The second-order valence-corrected chi connectivity index (χ2v) is 7.49. The molecule has 0 saturated heterocycles. The number of ether oxygens (including phenoxy) is 1. The average Bonchev–Trinajstić information content (AvgIpc) is 2.47. The molecule has 1 aromatic rings. The van der Waals surface area contributed by atoms with E-state index in [2.05, 4.69) is 0 Å². The Hall–Kier alpha value is -1.54. The van der Waals surface area contributed by atoms with Gasteiger partial charge in [-0.25, -0.2) is 8.42 Å². The number of methoxy groups -OCH3 is 1. The minimum absolute atomic E-state index is 0.0103. The van der Waals surface area contributed by atoms with Crippen molar-refractivity contribution in [1.29, 1.82) is 5.26 Å². The number of benzene rings is 1. The predicted octanol–water partition coefficient (Wildman–Crippen LogP) is 2.81. The second kappa shape index (κ2) is 6.27. The Morgan fingerprint density at radius 3 is 2.60 bits per heavy atom. The summed E-state index contributed by atoms with van der Waals surface area (Å²) in [6, 6.07) is 7.02. The van der Waals surface area contributed by atoms with Crippen LogP contribution in [-0.4, -0.2) is 20.8 Å². The van der Waals surface area contributed by atoms with Crippen molar-refractivity contribution in [2.24, 2.45) is 0 Å². The van der Waals surface area contributed by atoms with Crippen LogP contribution in [0.5, 0.6) is 5.75 Å². The van der Waals surface area contributed by atoms with Crippen LogP contribution in [0.2, 0.25) is 0 Å². The second-order valence-electron chi connectivity index (χ2n) is 5.21. The van der Waals surface area contributed by atoms with Gasteiger partial charge in [0.2, 0.25) is 0 Å². The largest absolute Gasteiger partial charge is 0.495 e. The van der Waals surface area contributed by atoms with Gasteiger partial charge in [-0.15, -0.1) is 0 Å². The van der Waals surface area contributed by atoms with Crippen LogP contribution in [0.3, 0.4) is 0 Å². The molecule has 1 saturated carbocycles. The highest BCUT2D eigenvalue weighted by Gasteiger charge is 2.27. The summed E-state index contributed by atoms with van der Waals surface area (Å²) < 4.78 is 29.9. The fourth-order valence-corrected chi connectivity index (χ4v) is 4.64. The van der Waals surface area contributed by atoms with E-state index < -0.39 is 9.84 Å². The van der Waals surface area contributed by atoms with E-state index in [1.165, 1.54) is 7.11 Å². The molecule has 1 aromatic carbocycles. The van der Waals surface area contributed by atoms with E-state index in [9.17, 15) is 8.42 Å². The van der Waals surface area contributed by atoms with Crippen molar-refractivity contribution < 1.29 is 13.2 Å². The molecule has 108 valence electrons. The summed E-state index contributed by atoms with van der Waals surface area (Å²) in [5, 5.41) is 8.82. The Bertz CT molecular complexity index is 610. The maximum absolute atomic E-state index is 12.4. The Morgan fingerprint density at radius 2 is 2.00 bits per heavy atom. The van der Waals surface area contributed by atoms with Crippen LogP contribution in [-0.2, 0) is 15.6 Å². The van der Waals surface area contributed by atoms with Crippen LogP contribution in [0.25, 0.3) is 0 Å². The number of nitrogens with zero attached hydrogens (tertiary/aromatic N) is 1. The Morgan fingerprint density at radius 1 is 1.30 bits per heavy atom. The Kier molecular flexibility index (Phi) is 4.66. The van der Waals surface area contributed by atoms with Gasteiger partial charge >= 0.3 is 0 Å². The van der Waals surface area contributed by atoms with Crippen molar-refractivity contribution in [3.63, 3.8) is 0 Å². The summed E-state index contributed by atoms with van der Waals surface area (Å²) >= 11 is 0. The van der Waals surface area contributed by atoms with Crippen LogP contribution in [0.4, 0.5) is 0 Å². The summed E-state index contributed by atoms with van der Waals surface area (Å²) in [6.07, 6.45) is 4.66. The molecular formula is C15H19NO3S. The molecule has 0 amide bonds. The van der Waals surface area contributed by atoms with E-state index in [1.807, 2.05) is 6.07 Å². The van der Waals surface area contributed by atoms with E-state index in [0.717, 1.165) is 32.1 Å². The van der Waals surface area contributed by atoms with Crippen LogP contribution in [0.15, 0.2) is 18.2 Å². The number of sulfone groups is 1. The summed E-state index contributed by atoms with van der Waals surface area (Å²) in [4.78, 5) is 0. The van der Waals surface area contributed by atoms with Gasteiger partial charge in [-0.05, 0) is 30.5 Å². The van der Waals surface area contributed by atoms with Crippen molar-refractivity contribution in [3.05, 3.63) is 29.3 Å². The molecule has 0 unspecified atom stereocenters. The number of hydrogen-bond acceptors (Lipinski definition) is 4. The number of hydrogen-bond donors (Lipinski definition) is 0. The number of nitriles is 1. The smallest absolute Gasteiger partial charge is 0.157 e. The lowest BCUT2D eigenvalue weighted by Gasteiger charge is -2.21. The molecule has 5 heteroatoms. The lowest BCUT2D eigenvalue weighted by Crippen LogP contribution is -2.25. The summed E-state index contributed by atoms with van der Waals surface area (Å²) in [5.41, 5.74) is 1.04. The molecule has 1 fully saturated rings. The van der Waals surface area contributed by atoms with Crippen molar-refractivity contribution in [3.8, 4) is 11.8 Å². The van der Waals surface area contributed by atoms with E-state index in [4.69, 9.17) is 10.00 Å². The summed E-state index contributed by atoms with van der Waals surface area (Å²) in [6.45, 7) is 0. The van der Waals surface area contributed by atoms with Gasteiger partial charge in [-0.3, -0.25) is 0 Å². The molecule has 0 N–H and O–H groups in total. The summed E-state index contributed by atoms with van der Waals surface area (Å²) in [5.74, 6) is 0.488. The van der Waals surface area contributed by atoms with Crippen molar-refractivity contribution >= 4 is 9.84 Å². The molecule has 0 aromatic heterocycles. The zero-order chi connectivity index (χ0) is 14.6. The highest BCUT2D eigenvalue weighted by Crippen LogP contribution is 2.27. The molecule has 0 heterocycles. The normalized spacial score (nSPS) is 16.6. The third-order valence-corrected chi connectivity index (χ3v) is 6.04. The van der Waals surface area contributed by atoms with Gasteiger partial charge in [0.05, 0.1) is 23.7 Å². The molecule has 0 atom stereocenters. The highest BCUT2D eigenvalue weighted by molar-refractivity contribution is 7.91. The fraction of sp³-hybridized carbons (Fsp3) is 0.533.